The third-order valence-corrected chi connectivity index (χ3v) is 5.40. The monoisotopic (exact) mass is 500 g/mol. The van der Waals surface area contributed by atoms with Crippen molar-refractivity contribution in [3.8, 4) is 0 Å². The third-order valence-electron chi connectivity index (χ3n) is 5.07. The van der Waals surface area contributed by atoms with Crippen LogP contribution in [0.3, 0.4) is 0 Å². The molecule has 35 heavy (non-hydrogen) atoms. The van der Waals surface area contributed by atoms with Crippen LogP contribution in [-0.2, 0) is 12.7 Å². The minimum absolute atomic E-state index is 0.0496. The van der Waals surface area contributed by atoms with E-state index in [2.05, 4.69) is 20.6 Å². The Labute approximate surface area is 201 Å². The van der Waals surface area contributed by atoms with Crippen LogP contribution < -0.4 is 10.6 Å². The lowest BCUT2D eigenvalue weighted by molar-refractivity contribution is -0.137. The Bertz CT molecular complexity index is 1440. The molecular weight excluding hydrogens is 485 g/mol. The maximum atomic E-state index is 13.1. The molecule has 0 aliphatic rings. The van der Waals surface area contributed by atoms with Crippen molar-refractivity contribution in [1.29, 1.82) is 0 Å². The minimum atomic E-state index is -4.69. The Hall–Kier alpha value is -4.18. The number of halogens is 4. The number of carbonyl (C=O) groups is 2. The Kier molecular flexibility index (Phi) is 6.57. The number of aromatic carboxylic acids is 1. The van der Waals surface area contributed by atoms with E-state index in [9.17, 15) is 27.9 Å². The molecule has 0 atom stereocenters. The Morgan fingerprint density at radius 2 is 1.77 bits per heavy atom. The summed E-state index contributed by atoms with van der Waals surface area (Å²) >= 11 is 5.62. The van der Waals surface area contributed by atoms with E-state index >= 15 is 0 Å². The summed E-state index contributed by atoms with van der Waals surface area (Å²) < 4.78 is 39.3. The van der Waals surface area contributed by atoms with Gasteiger partial charge in [-0.1, -0.05) is 29.8 Å². The lowest BCUT2D eigenvalue weighted by Crippen LogP contribution is -2.14. The van der Waals surface area contributed by atoms with Crippen molar-refractivity contribution in [2.75, 3.05) is 10.6 Å². The summed E-state index contributed by atoms with van der Waals surface area (Å²) in [5.74, 6) is -1.40. The molecule has 178 valence electrons. The molecule has 1 amide bonds. The van der Waals surface area contributed by atoms with Crippen molar-refractivity contribution in [3.05, 3.63) is 94.3 Å². The second kappa shape index (κ2) is 9.59. The van der Waals surface area contributed by atoms with Crippen LogP contribution in [0, 0.1) is 0 Å². The summed E-state index contributed by atoms with van der Waals surface area (Å²) in [6.07, 6.45) is -3.43. The van der Waals surface area contributed by atoms with Gasteiger partial charge in [0.15, 0.2) is 0 Å². The van der Waals surface area contributed by atoms with Gasteiger partial charge in [-0.15, -0.1) is 0 Å². The van der Waals surface area contributed by atoms with Crippen molar-refractivity contribution in [2.45, 2.75) is 12.7 Å². The standard InChI is InChI=1S/C24H16ClF3N4O3/c25-19-8-7-14(10-18(19)24(26,27)28)22(33)32-15-4-1-3-13(9-15)11-29-21-16-5-2-6-17(23(34)35)20(16)30-12-31-21/h1-10,12H,11H2,(H,32,33)(H,34,35)(H,29,30,31). The summed E-state index contributed by atoms with van der Waals surface area (Å²) in [4.78, 5) is 32.2. The molecule has 0 aliphatic carbocycles. The molecule has 0 unspecified atom stereocenters. The van der Waals surface area contributed by atoms with Crippen LogP contribution in [0.5, 0.6) is 0 Å². The molecule has 4 aromatic rings. The Balaban J connectivity index is 1.51. The number of nitrogens with one attached hydrogen (secondary N) is 2. The normalized spacial score (nSPS) is 11.3. The smallest absolute Gasteiger partial charge is 0.417 e. The molecule has 0 aliphatic heterocycles. The van der Waals surface area contributed by atoms with Gasteiger partial charge in [0.1, 0.15) is 12.1 Å². The SMILES string of the molecule is O=C(Nc1cccc(CNc2ncnc3c(C(=O)O)cccc23)c1)c1ccc(Cl)c(C(F)(F)F)c1. The third kappa shape index (κ3) is 5.33. The van der Waals surface area contributed by atoms with E-state index in [-0.39, 0.29) is 17.7 Å². The number of benzene rings is 3. The van der Waals surface area contributed by atoms with Gasteiger partial charge in [-0.2, -0.15) is 13.2 Å². The Morgan fingerprint density at radius 1 is 1.00 bits per heavy atom. The number of fused-ring (bicyclic) bond motifs is 1. The van der Waals surface area contributed by atoms with Crippen LogP contribution in [0.2, 0.25) is 5.02 Å². The fraction of sp³-hybridized carbons (Fsp3) is 0.0833. The average molecular weight is 501 g/mol. The van der Waals surface area contributed by atoms with E-state index in [0.717, 1.165) is 11.6 Å². The minimum Gasteiger partial charge on any atom is -0.478 e. The molecule has 0 saturated heterocycles. The van der Waals surface area contributed by atoms with Gasteiger partial charge in [0.25, 0.3) is 5.91 Å². The highest BCUT2D eigenvalue weighted by atomic mass is 35.5. The van der Waals surface area contributed by atoms with Crippen molar-refractivity contribution >= 4 is 45.9 Å². The number of anilines is 2. The number of carbonyl (C=O) groups excluding carboxylic acids is 1. The van der Waals surface area contributed by atoms with Crippen LogP contribution in [-0.4, -0.2) is 27.0 Å². The van der Waals surface area contributed by atoms with E-state index in [0.29, 0.717) is 28.5 Å². The van der Waals surface area contributed by atoms with Crippen molar-refractivity contribution in [2.24, 2.45) is 0 Å². The van der Waals surface area contributed by atoms with Gasteiger partial charge in [-0.25, -0.2) is 14.8 Å². The molecule has 4 rings (SSSR count). The average Bonchev–Trinajstić information content (AvgIpc) is 2.82. The molecule has 0 spiro atoms. The number of carboxylic acid groups (broad SMARTS) is 1. The molecule has 1 heterocycles. The predicted molar refractivity (Wildman–Crippen MR) is 125 cm³/mol. The first-order valence-electron chi connectivity index (χ1n) is 10.1. The highest BCUT2D eigenvalue weighted by molar-refractivity contribution is 6.31. The molecule has 3 aromatic carbocycles. The zero-order chi connectivity index (χ0) is 25.2. The van der Waals surface area contributed by atoms with Gasteiger partial charge in [-0.05, 0) is 48.0 Å². The molecule has 0 saturated carbocycles. The van der Waals surface area contributed by atoms with Gasteiger partial charge in [-0.3, -0.25) is 4.79 Å². The maximum absolute atomic E-state index is 13.1. The van der Waals surface area contributed by atoms with Gasteiger partial charge in [0, 0.05) is 23.2 Å². The number of aromatic nitrogens is 2. The summed E-state index contributed by atoms with van der Waals surface area (Å²) in [5.41, 5.74) is 0.169. The van der Waals surface area contributed by atoms with Crippen LogP contribution in [0.15, 0.2) is 67.0 Å². The van der Waals surface area contributed by atoms with Crippen LogP contribution >= 0.6 is 11.6 Å². The van der Waals surface area contributed by atoms with Crippen molar-refractivity contribution in [3.63, 3.8) is 0 Å². The topological polar surface area (TPSA) is 104 Å². The molecule has 0 radical (unpaired) electrons. The number of amides is 1. The number of alkyl halides is 3. The molecule has 0 fully saturated rings. The summed E-state index contributed by atoms with van der Waals surface area (Å²) in [7, 11) is 0. The van der Waals surface area contributed by atoms with Crippen LogP contribution in [0.25, 0.3) is 10.9 Å². The van der Waals surface area contributed by atoms with Gasteiger partial charge < -0.3 is 15.7 Å². The van der Waals surface area contributed by atoms with Crippen molar-refractivity contribution < 1.29 is 27.9 Å². The zero-order valence-corrected chi connectivity index (χ0v) is 18.5. The number of para-hydroxylation sites is 1. The first-order chi connectivity index (χ1) is 16.6. The molecule has 1 aromatic heterocycles. The molecule has 3 N–H and O–H groups in total. The molecular formula is C24H16ClF3N4O3. The first kappa shape index (κ1) is 24.0. The van der Waals surface area contributed by atoms with E-state index in [4.69, 9.17) is 11.6 Å². The van der Waals surface area contributed by atoms with E-state index < -0.39 is 28.6 Å². The van der Waals surface area contributed by atoms with E-state index in [1.165, 1.54) is 18.5 Å². The highest BCUT2D eigenvalue weighted by Crippen LogP contribution is 2.35. The molecule has 11 heteroatoms. The zero-order valence-electron chi connectivity index (χ0n) is 17.7. The second-order valence-electron chi connectivity index (χ2n) is 7.43. The summed E-state index contributed by atoms with van der Waals surface area (Å²) in [5, 5.41) is 15.1. The highest BCUT2D eigenvalue weighted by Gasteiger charge is 2.33. The summed E-state index contributed by atoms with van der Waals surface area (Å²) in [6.45, 7) is 0.270. The first-order valence-corrected chi connectivity index (χ1v) is 10.5. The fourth-order valence-corrected chi connectivity index (χ4v) is 3.66. The van der Waals surface area contributed by atoms with Gasteiger partial charge in [0.2, 0.25) is 0 Å². The molecule has 0 bridgehead atoms. The van der Waals surface area contributed by atoms with Crippen molar-refractivity contribution in [1.82, 2.24) is 9.97 Å². The second-order valence-corrected chi connectivity index (χ2v) is 7.84. The van der Waals surface area contributed by atoms with E-state index in [1.54, 1.807) is 36.4 Å². The Morgan fingerprint density at radius 3 is 2.51 bits per heavy atom. The summed E-state index contributed by atoms with van der Waals surface area (Å²) in [6, 6.07) is 14.4. The molecule has 7 nitrogen and oxygen atoms in total. The van der Waals surface area contributed by atoms with Gasteiger partial charge in [0.05, 0.1) is 21.7 Å². The fourth-order valence-electron chi connectivity index (χ4n) is 3.43. The number of hydrogen-bond acceptors (Lipinski definition) is 5. The maximum Gasteiger partial charge on any atom is 0.417 e. The van der Waals surface area contributed by atoms with Crippen LogP contribution in [0.4, 0.5) is 24.7 Å². The van der Waals surface area contributed by atoms with Crippen LogP contribution in [0.1, 0.15) is 31.8 Å². The number of rotatable bonds is 6. The lowest BCUT2D eigenvalue weighted by Gasteiger charge is -2.12. The quantitative estimate of drug-likeness (QED) is 0.306. The number of nitrogens with zero attached hydrogens (tertiary/aromatic N) is 2. The predicted octanol–water partition coefficient (Wildman–Crippen LogP) is 5.86. The van der Waals surface area contributed by atoms with Gasteiger partial charge >= 0.3 is 12.1 Å². The van der Waals surface area contributed by atoms with E-state index in [1.807, 2.05) is 0 Å². The largest absolute Gasteiger partial charge is 0.478 e. The number of carboxylic acids is 1. The lowest BCUT2D eigenvalue weighted by atomic mass is 10.1. The number of hydrogen-bond donors (Lipinski definition) is 3.